The molecule has 0 bridgehead atoms. The number of aliphatic hydroxyl groups excluding tert-OH is 1. The highest BCUT2D eigenvalue weighted by atomic mass is 16.5. The van der Waals surface area contributed by atoms with E-state index < -0.39 is 0 Å². The summed E-state index contributed by atoms with van der Waals surface area (Å²) < 4.78 is 15.1. The Morgan fingerprint density at radius 1 is 1.12 bits per heavy atom. The maximum absolute atomic E-state index is 12.7. The molecular formula is C19H29NO6. The average Bonchev–Trinajstić information content (AvgIpc) is 2.68. The molecule has 0 spiro atoms. The number of ether oxygens (including phenoxy) is 3. The molecule has 0 heterocycles. The van der Waals surface area contributed by atoms with E-state index in [1.54, 1.807) is 25.2 Å². The molecule has 1 N–H and O–H groups in total. The van der Waals surface area contributed by atoms with E-state index in [9.17, 15) is 14.7 Å². The SMILES string of the molecule is CCC(CO)N(CCC(=O)OC)C(=O)CCc1ccc(OC)c(OC)c1. The summed E-state index contributed by atoms with van der Waals surface area (Å²) in [6.07, 6.45) is 1.51. The second-order valence-corrected chi connectivity index (χ2v) is 5.85. The summed E-state index contributed by atoms with van der Waals surface area (Å²) in [5, 5.41) is 9.54. The number of carbonyl (C=O) groups is 2. The lowest BCUT2D eigenvalue weighted by molar-refractivity contribution is -0.142. The van der Waals surface area contributed by atoms with E-state index >= 15 is 0 Å². The molecule has 0 saturated carbocycles. The molecule has 0 saturated heterocycles. The van der Waals surface area contributed by atoms with Gasteiger partial charge in [0.2, 0.25) is 5.91 Å². The number of esters is 1. The van der Waals surface area contributed by atoms with E-state index in [0.29, 0.717) is 24.3 Å². The van der Waals surface area contributed by atoms with Crippen molar-refractivity contribution in [2.24, 2.45) is 0 Å². The van der Waals surface area contributed by atoms with Crippen molar-refractivity contribution in [2.75, 3.05) is 34.5 Å². The van der Waals surface area contributed by atoms with Gasteiger partial charge in [0.15, 0.2) is 11.5 Å². The summed E-state index contributed by atoms with van der Waals surface area (Å²) in [5.41, 5.74) is 0.945. The molecule has 1 atom stereocenters. The van der Waals surface area contributed by atoms with Gasteiger partial charge >= 0.3 is 5.97 Å². The quantitative estimate of drug-likeness (QED) is 0.600. The predicted octanol–water partition coefficient (Wildman–Crippen LogP) is 1.80. The van der Waals surface area contributed by atoms with Crippen LogP contribution in [0.1, 0.15) is 31.7 Å². The van der Waals surface area contributed by atoms with Gasteiger partial charge in [-0.25, -0.2) is 0 Å². The molecule has 0 aliphatic rings. The first-order valence-corrected chi connectivity index (χ1v) is 8.68. The van der Waals surface area contributed by atoms with Crippen LogP contribution >= 0.6 is 0 Å². The normalized spacial score (nSPS) is 11.6. The minimum absolute atomic E-state index is 0.106. The number of amides is 1. The van der Waals surface area contributed by atoms with Crippen LogP contribution in [0.4, 0.5) is 0 Å². The monoisotopic (exact) mass is 367 g/mol. The van der Waals surface area contributed by atoms with Gasteiger partial charge in [-0.1, -0.05) is 13.0 Å². The van der Waals surface area contributed by atoms with Crippen molar-refractivity contribution in [3.8, 4) is 11.5 Å². The molecule has 0 aliphatic heterocycles. The first kappa shape index (κ1) is 21.8. The number of rotatable bonds is 11. The van der Waals surface area contributed by atoms with Crippen LogP contribution in [0.5, 0.6) is 11.5 Å². The Morgan fingerprint density at radius 2 is 1.81 bits per heavy atom. The van der Waals surface area contributed by atoms with Crippen molar-refractivity contribution in [1.29, 1.82) is 0 Å². The summed E-state index contributed by atoms with van der Waals surface area (Å²) in [6.45, 7) is 1.99. The van der Waals surface area contributed by atoms with Crippen molar-refractivity contribution in [3.63, 3.8) is 0 Å². The Bertz CT molecular complexity index is 585. The van der Waals surface area contributed by atoms with E-state index in [0.717, 1.165) is 5.56 Å². The minimum Gasteiger partial charge on any atom is -0.493 e. The van der Waals surface area contributed by atoms with Crippen LogP contribution in [0.2, 0.25) is 0 Å². The molecule has 1 amide bonds. The van der Waals surface area contributed by atoms with Gasteiger partial charge < -0.3 is 24.2 Å². The third-order valence-electron chi connectivity index (χ3n) is 4.30. The lowest BCUT2D eigenvalue weighted by Crippen LogP contribution is -2.43. The first-order chi connectivity index (χ1) is 12.5. The van der Waals surface area contributed by atoms with Crippen LogP contribution in [0, 0.1) is 0 Å². The average molecular weight is 367 g/mol. The largest absolute Gasteiger partial charge is 0.493 e. The van der Waals surface area contributed by atoms with Gasteiger partial charge in [0.1, 0.15) is 0 Å². The zero-order valence-corrected chi connectivity index (χ0v) is 16.0. The molecule has 1 unspecified atom stereocenters. The molecule has 0 aliphatic carbocycles. The fraction of sp³-hybridized carbons (Fsp3) is 0.579. The van der Waals surface area contributed by atoms with Crippen LogP contribution in [0.3, 0.4) is 0 Å². The van der Waals surface area contributed by atoms with Gasteiger partial charge in [-0.2, -0.15) is 0 Å². The summed E-state index contributed by atoms with van der Waals surface area (Å²) >= 11 is 0. The van der Waals surface area contributed by atoms with E-state index in [1.165, 1.54) is 7.11 Å². The Hall–Kier alpha value is -2.28. The number of aliphatic hydroxyl groups is 1. The molecule has 146 valence electrons. The fourth-order valence-corrected chi connectivity index (χ4v) is 2.70. The third kappa shape index (κ3) is 6.22. The van der Waals surface area contributed by atoms with E-state index in [2.05, 4.69) is 4.74 Å². The van der Waals surface area contributed by atoms with Crippen molar-refractivity contribution < 1.29 is 28.9 Å². The van der Waals surface area contributed by atoms with Crippen molar-refractivity contribution in [1.82, 2.24) is 4.90 Å². The highest BCUT2D eigenvalue weighted by molar-refractivity contribution is 5.78. The molecular weight excluding hydrogens is 338 g/mol. The molecule has 1 aromatic carbocycles. The van der Waals surface area contributed by atoms with E-state index in [1.807, 2.05) is 19.1 Å². The number of hydrogen-bond acceptors (Lipinski definition) is 6. The predicted molar refractivity (Wildman–Crippen MR) is 97.4 cm³/mol. The summed E-state index contributed by atoms with van der Waals surface area (Å²) in [5.74, 6) is 0.760. The number of methoxy groups -OCH3 is 3. The smallest absolute Gasteiger partial charge is 0.307 e. The van der Waals surface area contributed by atoms with Gasteiger partial charge in [-0.15, -0.1) is 0 Å². The lowest BCUT2D eigenvalue weighted by Gasteiger charge is -2.30. The van der Waals surface area contributed by atoms with Gasteiger partial charge in [0.05, 0.1) is 40.4 Å². The summed E-state index contributed by atoms with van der Waals surface area (Å²) in [7, 11) is 4.45. The van der Waals surface area contributed by atoms with E-state index in [-0.39, 0.29) is 43.9 Å². The second-order valence-electron chi connectivity index (χ2n) is 5.85. The van der Waals surface area contributed by atoms with Crippen LogP contribution in [-0.2, 0) is 20.7 Å². The Kier molecular flexibility index (Phi) is 9.51. The van der Waals surface area contributed by atoms with Gasteiger partial charge in [0, 0.05) is 13.0 Å². The number of hydrogen-bond donors (Lipinski definition) is 1. The zero-order chi connectivity index (χ0) is 19.5. The molecule has 0 fully saturated rings. The van der Waals surface area contributed by atoms with Crippen molar-refractivity contribution in [3.05, 3.63) is 23.8 Å². The van der Waals surface area contributed by atoms with Crippen LogP contribution in [0.15, 0.2) is 18.2 Å². The molecule has 7 heteroatoms. The Balaban J connectivity index is 2.77. The van der Waals surface area contributed by atoms with Gasteiger partial charge in [-0.3, -0.25) is 9.59 Å². The minimum atomic E-state index is -0.379. The standard InChI is InChI=1S/C19H29NO6/c1-5-15(13-21)20(11-10-19(23)26-4)18(22)9-7-14-6-8-16(24-2)17(12-14)25-3/h6,8,12,15,21H,5,7,9-11,13H2,1-4H3. The molecule has 26 heavy (non-hydrogen) atoms. The topological polar surface area (TPSA) is 85.3 Å². The van der Waals surface area contributed by atoms with Crippen LogP contribution in [0.25, 0.3) is 0 Å². The van der Waals surface area contributed by atoms with Gasteiger partial charge in [0.25, 0.3) is 0 Å². The maximum Gasteiger partial charge on any atom is 0.307 e. The number of carbonyl (C=O) groups excluding carboxylic acids is 2. The van der Waals surface area contributed by atoms with E-state index in [4.69, 9.17) is 9.47 Å². The number of benzene rings is 1. The molecule has 0 aromatic heterocycles. The van der Waals surface area contributed by atoms with Crippen LogP contribution in [-0.4, -0.2) is 62.4 Å². The zero-order valence-electron chi connectivity index (χ0n) is 16.0. The highest BCUT2D eigenvalue weighted by Crippen LogP contribution is 2.28. The second kappa shape index (κ2) is 11.4. The molecule has 1 aromatic rings. The van der Waals surface area contributed by atoms with Gasteiger partial charge in [-0.05, 0) is 30.5 Å². The highest BCUT2D eigenvalue weighted by Gasteiger charge is 2.22. The van der Waals surface area contributed by atoms with Crippen LogP contribution < -0.4 is 9.47 Å². The number of nitrogens with zero attached hydrogens (tertiary/aromatic N) is 1. The Labute approximate surface area is 154 Å². The molecule has 7 nitrogen and oxygen atoms in total. The third-order valence-corrected chi connectivity index (χ3v) is 4.30. The molecule has 0 radical (unpaired) electrons. The summed E-state index contributed by atoms with van der Waals surface area (Å²) in [6, 6.07) is 5.22. The lowest BCUT2D eigenvalue weighted by atomic mass is 10.1. The number of aryl methyl sites for hydroxylation is 1. The maximum atomic E-state index is 12.7. The Morgan fingerprint density at radius 3 is 2.35 bits per heavy atom. The first-order valence-electron chi connectivity index (χ1n) is 8.68. The summed E-state index contributed by atoms with van der Waals surface area (Å²) in [4.78, 5) is 25.6. The van der Waals surface area contributed by atoms with Crippen molar-refractivity contribution in [2.45, 2.75) is 38.6 Å². The van der Waals surface area contributed by atoms with Crippen molar-refractivity contribution >= 4 is 11.9 Å². The fourth-order valence-electron chi connectivity index (χ4n) is 2.70. The molecule has 1 rings (SSSR count).